The highest BCUT2D eigenvalue weighted by Gasteiger charge is 2.63. The summed E-state index contributed by atoms with van der Waals surface area (Å²) in [7, 11) is 0. The number of nitrogens with zero attached hydrogens (tertiary/aromatic N) is 2. The van der Waals surface area contributed by atoms with Gasteiger partial charge in [0.25, 0.3) is 0 Å². The molecule has 0 radical (unpaired) electrons. The minimum absolute atomic E-state index is 0.0834. The molecule has 2 heterocycles. The third kappa shape index (κ3) is 3.09. The summed E-state index contributed by atoms with van der Waals surface area (Å²) in [6, 6.07) is 0. The molecule has 0 spiro atoms. The fraction of sp³-hybridized carbons (Fsp3) is 0.944. The third-order valence-corrected chi connectivity index (χ3v) is 6.41. The Morgan fingerprint density at radius 1 is 1.29 bits per heavy atom. The molecule has 3 rings (SSSR count). The van der Waals surface area contributed by atoms with Crippen LogP contribution >= 0.6 is 0 Å². The van der Waals surface area contributed by atoms with Crippen LogP contribution in [0.15, 0.2) is 0 Å². The fourth-order valence-corrected chi connectivity index (χ4v) is 4.31. The predicted octanol–water partition coefficient (Wildman–Crippen LogP) is 0.700. The van der Waals surface area contributed by atoms with Gasteiger partial charge in [-0.05, 0) is 19.3 Å². The summed E-state index contributed by atoms with van der Waals surface area (Å²) in [6.45, 7) is 13.1. The maximum atomic E-state index is 13.0. The first-order valence-electron chi connectivity index (χ1n) is 9.38. The van der Waals surface area contributed by atoms with E-state index in [4.69, 9.17) is 15.2 Å². The minimum atomic E-state index is -0.783. The van der Waals surface area contributed by atoms with Crippen molar-refractivity contribution in [3.63, 3.8) is 0 Å². The molecule has 3 fully saturated rings. The first-order chi connectivity index (χ1) is 11.4. The van der Waals surface area contributed by atoms with Crippen LogP contribution in [0.3, 0.4) is 0 Å². The van der Waals surface area contributed by atoms with Gasteiger partial charge in [-0.25, -0.2) is 0 Å². The summed E-state index contributed by atoms with van der Waals surface area (Å²) < 4.78 is 11.2. The molecule has 138 valence electrons. The number of carbonyl (C=O) groups is 1. The molecular weight excluding hydrogens is 306 g/mol. The Morgan fingerprint density at radius 3 is 2.54 bits per heavy atom. The molecule has 24 heavy (non-hydrogen) atoms. The first-order valence-corrected chi connectivity index (χ1v) is 9.38. The molecule has 0 bridgehead atoms. The van der Waals surface area contributed by atoms with E-state index in [-0.39, 0.29) is 17.4 Å². The second-order valence-corrected chi connectivity index (χ2v) is 8.16. The Hall–Kier alpha value is -0.690. The highest BCUT2D eigenvalue weighted by molar-refractivity contribution is 5.89. The van der Waals surface area contributed by atoms with E-state index in [1.807, 2.05) is 11.8 Å². The van der Waals surface area contributed by atoms with Crippen LogP contribution in [0.1, 0.15) is 33.6 Å². The van der Waals surface area contributed by atoms with Crippen molar-refractivity contribution in [2.75, 3.05) is 52.5 Å². The van der Waals surface area contributed by atoms with Crippen LogP contribution in [0.2, 0.25) is 0 Å². The molecule has 0 aromatic heterocycles. The lowest BCUT2D eigenvalue weighted by molar-refractivity contribution is -0.180. The van der Waals surface area contributed by atoms with Crippen LogP contribution in [0, 0.1) is 11.3 Å². The number of rotatable bonds is 5. The van der Waals surface area contributed by atoms with Crippen LogP contribution < -0.4 is 5.73 Å². The topological polar surface area (TPSA) is 68.0 Å². The Morgan fingerprint density at radius 2 is 2.00 bits per heavy atom. The number of hydrogen-bond acceptors (Lipinski definition) is 5. The van der Waals surface area contributed by atoms with E-state index in [1.165, 1.54) is 0 Å². The lowest BCUT2D eigenvalue weighted by Crippen LogP contribution is -2.76. The van der Waals surface area contributed by atoms with Crippen molar-refractivity contribution in [3.05, 3.63) is 0 Å². The van der Waals surface area contributed by atoms with Crippen molar-refractivity contribution in [1.29, 1.82) is 0 Å². The predicted molar refractivity (Wildman–Crippen MR) is 92.7 cm³/mol. The van der Waals surface area contributed by atoms with E-state index in [0.29, 0.717) is 18.9 Å². The molecule has 2 aliphatic heterocycles. The molecule has 6 nitrogen and oxygen atoms in total. The van der Waals surface area contributed by atoms with Crippen LogP contribution in [-0.2, 0) is 14.3 Å². The van der Waals surface area contributed by atoms with Gasteiger partial charge in [0.05, 0.1) is 12.7 Å². The van der Waals surface area contributed by atoms with Gasteiger partial charge in [-0.15, -0.1) is 0 Å². The zero-order valence-electron chi connectivity index (χ0n) is 15.4. The number of nitrogens with two attached hydrogens (primary N) is 1. The second-order valence-electron chi connectivity index (χ2n) is 8.16. The van der Waals surface area contributed by atoms with Crippen molar-refractivity contribution in [2.45, 2.75) is 45.3 Å². The van der Waals surface area contributed by atoms with Gasteiger partial charge in [-0.2, -0.15) is 0 Å². The Kier molecular flexibility index (Phi) is 5.21. The van der Waals surface area contributed by atoms with E-state index >= 15 is 0 Å². The van der Waals surface area contributed by atoms with Crippen molar-refractivity contribution in [3.8, 4) is 0 Å². The maximum absolute atomic E-state index is 13.0. The highest BCUT2D eigenvalue weighted by atomic mass is 16.5. The van der Waals surface area contributed by atoms with Crippen molar-refractivity contribution in [1.82, 2.24) is 9.80 Å². The molecule has 1 amide bonds. The third-order valence-electron chi connectivity index (χ3n) is 6.41. The molecule has 6 heteroatoms. The molecule has 3 unspecified atom stereocenters. The quantitative estimate of drug-likeness (QED) is 0.799. The van der Waals surface area contributed by atoms with Crippen molar-refractivity contribution >= 4 is 5.91 Å². The number of piperazine rings is 1. The van der Waals surface area contributed by atoms with Gasteiger partial charge >= 0.3 is 0 Å². The summed E-state index contributed by atoms with van der Waals surface area (Å²) >= 11 is 0. The van der Waals surface area contributed by atoms with Gasteiger partial charge in [0.15, 0.2) is 0 Å². The Labute approximate surface area is 145 Å². The van der Waals surface area contributed by atoms with Gasteiger partial charge in [-0.1, -0.05) is 13.8 Å². The summed E-state index contributed by atoms with van der Waals surface area (Å²) in [5.74, 6) is 0.762. The SMILES string of the molecule is CCOC1CC(N)(C(=O)N2CCN(CC3CCOC3)CC2)C1(C)C. The average molecular weight is 339 g/mol. The molecule has 1 aliphatic carbocycles. The zero-order valence-corrected chi connectivity index (χ0v) is 15.4. The van der Waals surface area contributed by atoms with E-state index in [1.54, 1.807) is 0 Å². The van der Waals surface area contributed by atoms with Crippen molar-refractivity contribution < 1.29 is 14.3 Å². The van der Waals surface area contributed by atoms with Gasteiger partial charge in [0.2, 0.25) is 5.91 Å². The van der Waals surface area contributed by atoms with E-state index in [2.05, 4.69) is 18.7 Å². The highest BCUT2D eigenvalue weighted by Crippen LogP contribution is 2.50. The number of amides is 1. The van der Waals surface area contributed by atoms with Crippen LogP contribution in [0.25, 0.3) is 0 Å². The van der Waals surface area contributed by atoms with E-state index in [0.717, 1.165) is 52.4 Å². The summed E-state index contributed by atoms with van der Waals surface area (Å²) in [5.41, 5.74) is 5.45. The molecule has 3 atom stereocenters. The first kappa shape index (κ1) is 18.1. The molecular formula is C18H33N3O3. The monoisotopic (exact) mass is 339 g/mol. The summed E-state index contributed by atoms with van der Waals surface area (Å²) in [5, 5.41) is 0. The molecule has 2 N–H and O–H groups in total. The fourth-order valence-electron chi connectivity index (χ4n) is 4.31. The van der Waals surface area contributed by atoms with Crippen molar-refractivity contribution in [2.24, 2.45) is 17.1 Å². The molecule has 0 aromatic rings. The normalized spacial score (nSPS) is 36.6. The maximum Gasteiger partial charge on any atom is 0.243 e. The van der Waals surface area contributed by atoms with Gasteiger partial charge in [0, 0.05) is 57.8 Å². The zero-order chi connectivity index (χ0) is 17.4. The van der Waals surface area contributed by atoms with Crippen LogP contribution in [0.4, 0.5) is 0 Å². The average Bonchev–Trinajstić information content (AvgIpc) is 3.07. The molecule has 0 aromatic carbocycles. The summed E-state index contributed by atoms with van der Waals surface area (Å²) in [4.78, 5) is 17.4. The molecule has 1 saturated carbocycles. The lowest BCUT2D eigenvalue weighted by atomic mass is 9.54. The van der Waals surface area contributed by atoms with Gasteiger partial charge < -0.3 is 20.1 Å². The standard InChI is InChI=1S/C18H33N3O3/c1-4-24-15-11-18(19,17(15,2)3)16(22)21-8-6-20(7-9-21)12-14-5-10-23-13-14/h14-15H,4-13,19H2,1-3H3. The number of hydrogen-bond donors (Lipinski definition) is 1. The number of ether oxygens (including phenoxy) is 2. The summed E-state index contributed by atoms with van der Waals surface area (Å²) in [6.07, 6.45) is 1.88. The van der Waals surface area contributed by atoms with Gasteiger partial charge in [-0.3, -0.25) is 9.69 Å². The smallest absolute Gasteiger partial charge is 0.243 e. The molecule has 2 saturated heterocycles. The molecule has 3 aliphatic rings. The lowest BCUT2D eigenvalue weighted by Gasteiger charge is -2.59. The Balaban J connectivity index is 1.51. The van der Waals surface area contributed by atoms with Gasteiger partial charge in [0.1, 0.15) is 5.54 Å². The minimum Gasteiger partial charge on any atom is -0.381 e. The largest absolute Gasteiger partial charge is 0.381 e. The Bertz CT molecular complexity index is 456. The number of carbonyl (C=O) groups excluding carboxylic acids is 1. The second kappa shape index (κ2) is 6.90. The van der Waals surface area contributed by atoms with E-state index < -0.39 is 5.54 Å². The van der Waals surface area contributed by atoms with Crippen LogP contribution in [-0.4, -0.2) is 79.9 Å². The van der Waals surface area contributed by atoms with Crippen LogP contribution in [0.5, 0.6) is 0 Å². The van der Waals surface area contributed by atoms with E-state index in [9.17, 15) is 4.79 Å².